The molecule has 0 saturated carbocycles. The van der Waals surface area contributed by atoms with Crippen LogP contribution in [0.25, 0.3) is 0 Å². The third-order valence-corrected chi connectivity index (χ3v) is 6.09. The molecule has 0 aliphatic rings. The Bertz CT molecular complexity index is 443. The first-order valence-electron chi connectivity index (χ1n) is 13.0. The van der Waals surface area contributed by atoms with Crippen molar-refractivity contribution in [3.8, 4) is 0 Å². The predicted molar refractivity (Wildman–Crippen MR) is 131 cm³/mol. The van der Waals surface area contributed by atoms with Gasteiger partial charge in [-0.25, -0.2) is 4.79 Å². The Morgan fingerprint density at radius 3 is 1.74 bits per heavy atom. The Hall–Kier alpha value is -0.870. The van der Waals surface area contributed by atoms with E-state index in [2.05, 4.69) is 34.3 Å². The summed E-state index contributed by atoms with van der Waals surface area (Å²) in [6.07, 6.45) is 16.7. The third kappa shape index (κ3) is 14.0. The summed E-state index contributed by atoms with van der Waals surface area (Å²) < 4.78 is 17.6. The molecular formula is C27H52O4. The normalized spacial score (nSPS) is 13.4. The van der Waals surface area contributed by atoms with Crippen LogP contribution in [0.1, 0.15) is 125 Å². The second kappa shape index (κ2) is 19.8. The zero-order valence-corrected chi connectivity index (χ0v) is 21.4. The summed E-state index contributed by atoms with van der Waals surface area (Å²) in [5, 5.41) is 0. The van der Waals surface area contributed by atoms with Gasteiger partial charge >= 0.3 is 5.97 Å². The van der Waals surface area contributed by atoms with E-state index in [1.165, 1.54) is 57.8 Å². The van der Waals surface area contributed by atoms with E-state index in [1.54, 1.807) is 6.92 Å². The lowest BCUT2D eigenvalue weighted by molar-refractivity contribution is -0.212. The van der Waals surface area contributed by atoms with Crippen LogP contribution in [0.15, 0.2) is 12.2 Å². The highest BCUT2D eigenvalue weighted by Crippen LogP contribution is 2.42. The summed E-state index contributed by atoms with van der Waals surface area (Å²) in [4.78, 5) is 11.6. The monoisotopic (exact) mass is 440 g/mol. The quantitative estimate of drug-likeness (QED) is 0.0740. The number of rotatable bonds is 22. The smallest absolute Gasteiger partial charge is 0.333 e. The SMILES string of the molecule is C=C(C)C(=O)OCCCCC(CCCC)(CCCCCCCCC)C(OCC)OCC. The zero-order valence-electron chi connectivity index (χ0n) is 21.4. The van der Waals surface area contributed by atoms with Gasteiger partial charge in [-0.2, -0.15) is 0 Å². The van der Waals surface area contributed by atoms with Crippen molar-refractivity contribution in [2.75, 3.05) is 19.8 Å². The first kappa shape index (κ1) is 30.1. The number of esters is 1. The molecule has 0 aliphatic heterocycles. The minimum absolute atomic E-state index is 0.0454. The highest BCUT2D eigenvalue weighted by Gasteiger charge is 2.38. The predicted octanol–water partition coefficient (Wildman–Crippen LogP) is 7.99. The van der Waals surface area contributed by atoms with Crippen LogP contribution in [0, 0.1) is 5.41 Å². The highest BCUT2D eigenvalue weighted by atomic mass is 16.7. The Kier molecular flexibility index (Phi) is 19.2. The van der Waals surface area contributed by atoms with Crippen molar-refractivity contribution in [2.24, 2.45) is 5.41 Å². The van der Waals surface area contributed by atoms with E-state index >= 15 is 0 Å². The fourth-order valence-electron chi connectivity index (χ4n) is 4.26. The van der Waals surface area contributed by atoms with E-state index in [4.69, 9.17) is 14.2 Å². The topological polar surface area (TPSA) is 44.8 Å². The van der Waals surface area contributed by atoms with Crippen LogP contribution in [0.3, 0.4) is 0 Å². The third-order valence-electron chi connectivity index (χ3n) is 6.09. The van der Waals surface area contributed by atoms with Crippen molar-refractivity contribution >= 4 is 5.97 Å². The maximum Gasteiger partial charge on any atom is 0.333 e. The zero-order chi connectivity index (χ0) is 23.4. The molecule has 0 aromatic heterocycles. The molecule has 0 aliphatic carbocycles. The van der Waals surface area contributed by atoms with E-state index in [1.807, 2.05) is 0 Å². The molecule has 0 amide bonds. The number of ether oxygens (including phenoxy) is 3. The minimum atomic E-state index is -0.290. The van der Waals surface area contributed by atoms with Gasteiger partial charge in [0.25, 0.3) is 0 Å². The van der Waals surface area contributed by atoms with Crippen molar-refractivity contribution < 1.29 is 19.0 Å². The average molecular weight is 441 g/mol. The summed E-state index contributed by atoms with van der Waals surface area (Å²) in [5.41, 5.74) is 0.507. The van der Waals surface area contributed by atoms with Crippen LogP contribution >= 0.6 is 0 Å². The van der Waals surface area contributed by atoms with Crippen LogP contribution in [0.2, 0.25) is 0 Å². The van der Waals surface area contributed by atoms with Crippen molar-refractivity contribution in [1.82, 2.24) is 0 Å². The molecule has 0 spiro atoms. The lowest BCUT2D eigenvalue weighted by Gasteiger charge is -2.41. The van der Waals surface area contributed by atoms with Gasteiger partial charge in [-0.3, -0.25) is 0 Å². The maximum atomic E-state index is 11.6. The van der Waals surface area contributed by atoms with Crippen molar-refractivity contribution in [3.63, 3.8) is 0 Å². The molecular weight excluding hydrogens is 388 g/mol. The van der Waals surface area contributed by atoms with Gasteiger partial charge in [-0.05, 0) is 52.9 Å². The second-order valence-corrected chi connectivity index (χ2v) is 8.95. The van der Waals surface area contributed by atoms with Gasteiger partial charge in [0, 0.05) is 24.2 Å². The van der Waals surface area contributed by atoms with E-state index in [0.717, 1.165) is 32.1 Å². The van der Waals surface area contributed by atoms with Gasteiger partial charge in [0.2, 0.25) is 0 Å². The molecule has 4 heteroatoms. The maximum absolute atomic E-state index is 11.6. The molecule has 184 valence electrons. The fraction of sp³-hybridized carbons (Fsp3) is 0.889. The summed E-state index contributed by atoms with van der Waals surface area (Å²) in [6, 6.07) is 0. The number of carbonyl (C=O) groups excluding carboxylic acids is 1. The van der Waals surface area contributed by atoms with Crippen LogP contribution in [0.5, 0.6) is 0 Å². The molecule has 31 heavy (non-hydrogen) atoms. The molecule has 0 bridgehead atoms. The average Bonchev–Trinajstić information content (AvgIpc) is 2.75. The first-order valence-corrected chi connectivity index (χ1v) is 13.0. The molecule has 0 radical (unpaired) electrons. The lowest BCUT2D eigenvalue weighted by Crippen LogP contribution is -2.40. The number of hydrogen-bond acceptors (Lipinski definition) is 4. The molecule has 1 atom stereocenters. The molecule has 0 aromatic rings. The standard InChI is InChI=1S/C27H52O4/c1-7-11-13-14-15-16-17-21-27(20-12-8-2,26(29-9-3)30-10-4)22-18-19-23-31-25(28)24(5)6/h26H,5,7-23H2,1-4,6H3. The lowest BCUT2D eigenvalue weighted by atomic mass is 9.73. The molecule has 0 N–H and O–H groups in total. The number of hydrogen-bond donors (Lipinski definition) is 0. The Labute approximate surface area is 193 Å². The van der Waals surface area contributed by atoms with Crippen LogP contribution in [-0.2, 0) is 19.0 Å². The van der Waals surface area contributed by atoms with Gasteiger partial charge in [0.15, 0.2) is 6.29 Å². The van der Waals surface area contributed by atoms with Crippen LogP contribution in [-0.4, -0.2) is 32.1 Å². The first-order chi connectivity index (χ1) is 15.0. The van der Waals surface area contributed by atoms with E-state index < -0.39 is 0 Å². The molecule has 0 fully saturated rings. The van der Waals surface area contributed by atoms with Crippen molar-refractivity contribution in [2.45, 2.75) is 131 Å². The van der Waals surface area contributed by atoms with E-state index in [-0.39, 0.29) is 17.7 Å². The van der Waals surface area contributed by atoms with Gasteiger partial charge in [0.1, 0.15) is 0 Å². The fourth-order valence-corrected chi connectivity index (χ4v) is 4.26. The Balaban J connectivity index is 4.98. The van der Waals surface area contributed by atoms with Gasteiger partial charge in [-0.15, -0.1) is 0 Å². The van der Waals surface area contributed by atoms with Gasteiger partial charge < -0.3 is 14.2 Å². The number of carbonyl (C=O) groups is 1. The van der Waals surface area contributed by atoms with Gasteiger partial charge in [0.05, 0.1) is 6.61 Å². The molecule has 0 heterocycles. The molecule has 0 saturated heterocycles. The van der Waals surface area contributed by atoms with Crippen molar-refractivity contribution in [3.05, 3.63) is 12.2 Å². The molecule has 1 unspecified atom stereocenters. The Morgan fingerprint density at radius 1 is 0.742 bits per heavy atom. The minimum Gasteiger partial charge on any atom is -0.462 e. The molecule has 0 aromatic carbocycles. The van der Waals surface area contributed by atoms with Gasteiger partial charge in [-0.1, -0.05) is 78.2 Å². The van der Waals surface area contributed by atoms with Crippen LogP contribution in [0.4, 0.5) is 0 Å². The van der Waals surface area contributed by atoms with E-state index in [9.17, 15) is 4.79 Å². The second-order valence-electron chi connectivity index (χ2n) is 8.95. The molecule has 0 rings (SSSR count). The summed E-state index contributed by atoms with van der Waals surface area (Å²) in [7, 11) is 0. The van der Waals surface area contributed by atoms with Crippen molar-refractivity contribution in [1.29, 1.82) is 0 Å². The number of unbranched alkanes of at least 4 members (excludes halogenated alkanes) is 8. The van der Waals surface area contributed by atoms with Crippen LogP contribution < -0.4 is 0 Å². The Morgan fingerprint density at radius 2 is 1.23 bits per heavy atom. The highest BCUT2D eigenvalue weighted by molar-refractivity contribution is 5.86. The summed E-state index contributed by atoms with van der Waals surface area (Å²) in [5.74, 6) is -0.290. The summed E-state index contributed by atoms with van der Waals surface area (Å²) in [6.45, 7) is 15.8. The summed E-state index contributed by atoms with van der Waals surface area (Å²) >= 11 is 0. The largest absolute Gasteiger partial charge is 0.462 e. The van der Waals surface area contributed by atoms with E-state index in [0.29, 0.717) is 25.4 Å². The molecule has 4 nitrogen and oxygen atoms in total.